The van der Waals surface area contributed by atoms with Crippen LogP contribution in [-0.4, -0.2) is 17.5 Å². The van der Waals surface area contributed by atoms with Crippen LogP contribution in [0, 0.1) is 20.8 Å². The fraction of sp³-hybridized carbons (Fsp3) is 0.240. The molecule has 4 aromatic rings. The summed E-state index contributed by atoms with van der Waals surface area (Å²) in [5, 5.41) is 1.01. The zero-order valence-corrected chi connectivity index (χ0v) is 19.1. The van der Waals surface area contributed by atoms with Crippen molar-refractivity contribution in [2.45, 2.75) is 33.7 Å². The molecule has 2 aromatic carbocycles. The van der Waals surface area contributed by atoms with E-state index >= 15 is 0 Å². The summed E-state index contributed by atoms with van der Waals surface area (Å²) in [5.41, 5.74) is 3.13. The number of ether oxygens (including phenoxy) is 1. The number of hydrogen-bond acceptors (Lipinski definition) is 6. The first-order valence-corrected chi connectivity index (χ1v) is 11.3. The second kappa shape index (κ2) is 7.60. The summed E-state index contributed by atoms with van der Waals surface area (Å²) in [5.74, 6) is 0.391. The molecule has 1 aliphatic heterocycles. The van der Waals surface area contributed by atoms with Gasteiger partial charge in [-0.15, -0.1) is 11.3 Å². The molecule has 1 amide bonds. The molecule has 6 nitrogen and oxygen atoms in total. The molecular weight excluding hydrogens is 424 g/mol. The fourth-order valence-corrected chi connectivity index (χ4v) is 5.04. The van der Waals surface area contributed by atoms with Crippen molar-refractivity contribution in [1.29, 1.82) is 0 Å². The summed E-state index contributed by atoms with van der Waals surface area (Å²) in [4.78, 5) is 34.5. The SMILES string of the molecule is CCOc1cccc(C2c3c(oc4ccc(C)cc4c3=O)C(=O)N2c2nc(C)c(C)s2)c1. The van der Waals surface area contributed by atoms with Gasteiger partial charge in [0, 0.05) is 4.88 Å². The Morgan fingerprint density at radius 3 is 2.66 bits per heavy atom. The van der Waals surface area contributed by atoms with Crippen molar-refractivity contribution >= 4 is 33.3 Å². The summed E-state index contributed by atoms with van der Waals surface area (Å²) in [6.07, 6.45) is 0. The van der Waals surface area contributed by atoms with E-state index in [-0.39, 0.29) is 17.1 Å². The van der Waals surface area contributed by atoms with E-state index in [4.69, 9.17) is 9.15 Å². The number of hydrogen-bond donors (Lipinski definition) is 0. The average Bonchev–Trinajstić information content (AvgIpc) is 3.25. The molecule has 0 fully saturated rings. The third-order valence-electron chi connectivity index (χ3n) is 5.73. The molecular formula is C25H22N2O4S. The quantitative estimate of drug-likeness (QED) is 0.424. The van der Waals surface area contributed by atoms with Gasteiger partial charge >= 0.3 is 0 Å². The van der Waals surface area contributed by atoms with E-state index in [1.807, 2.05) is 58.0 Å². The highest BCUT2D eigenvalue weighted by atomic mass is 32.1. The van der Waals surface area contributed by atoms with Crippen LogP contribution in [-0.2, 0) is 0 Å². The minimum atomic E-state index is -0.649. The smallest absolute Gasteiger partial charge is 0.297 e. The Kier molecular flexibility index (Phi) is 4.86. The van der Waals surface area contributed by atoms with Crippen molar-refractivity contribution in [2.24, 2.45) is 0 Å². The van der Waals surface area contributed by atoms with E-state index in [1.54, 1.807) is 17.0 Å². The van der Waals surface area contributed by atoms with Crippen LogP contribution in [0.5, 0.6) is 5.75 Å². The van der Waals surface area contributed by atoms with Crippen LogP contribution in [0.15, 0.2) is 51.7 Å². The molecule has 32 heavy (non-hydrogen) atoms. The summed E-state index contributed by atoms with van der Waals surface area (Å²) in [7, 11) is 0. The molecule has 3 heterocycles. The van der Waals surface area contributed by atoms with Crippen LogP contribution >= 0.6 is 11.3 Å². The number of carbonyl (C=O) groups excluding carboxylic acids is 1. The van der Waals surface area contributed by atoms with Gasteiger partial charge < -0.3 is 9.15 Å². The van der Waals surface area contributed by atoms with Crippen LogP contribution < -0.4 is 15.1 Å². The summed E-state index contributed by atoms with van der Waals surface area (Å²) in [6, 6.07) is 12.3. The molecule has 1 aliphatic rings. The lowest BCUT2D eigenvalue weighted by Crippen LogP contribution is -2.29. The summed E-state index contributed by atoms with van der Waals surface area (Å²) in [6.45, 7) is 8.24. The van der Waals surface area contributed by atoms with Gasteiger partial charge in [0.25, 0.3) is 5.91 Å². The Morgan fingerprint density at radius 2 is 1.94 bits per heavy atom. The number of rotatable bonds is 4. The molecule has 0 radical (unpaired) electrons. The van der Waals surface area contributed by atoms with Gasteiger partial charge in [-0.25, -0.2) is 4.98 Å². The number of nitrogens with zero attached hydrogens (tertiary/aromatic N) is 2. The van der Waals surface area contributed by atoms with Crippen LogP contribution in [0.4, 0.5) is 5.13 Å². The van der Waals surface area contributed by atoms with Crippen LogP contribution in [0.1, 0.15) is 50.8 Å². The van der Waals surface area contributed by atoms with Gasteiger partial charge in [-0.3, -0.25) is 14.5 Å². The molecule has 2 aromatic heterocycles. The maximum absolute atomic E-state index is 13.7. The van der Waals surface area contributed by atoms with E-state index in [0.29, 0.717) is 34.0 Å². The molecule has 1 atom stereocenters. The Bertz CT molecular complexity index is 1420. The van der Waals surface area contributed by atoms with Gasteiger partial charge in [0.2, 0.25) is 5.76 Å². The molecule has 5 rings (SSSR count). The minimum Gasteiger partial charge on any atom is -0.494 e. The van der Waals surface area contributed by atoms with E-state index in [1.165, 1.54) is 11.3 Å². The molecule has 0 N–H and O–H groups in total. The second-order valence-corrected chi connectivity index (χ2v) is 9.08. The number of carbonyl (C=O) groups is 1. The van der Waals surface area contributed by atoms with E-state index in [2.05, 4.69) is 4.98 Å². The first kappa shape index (κ1) is 20.5. The Hall–Kier alpha value is -3.45. The third kappa shape index (κ3) is 3.12. The van der Waals surface area contributed by atoms with Gasteiger partial charge in [0.15, 0.2) is 10.6 Å². The van der Waals surface area contributed by atoms with Crippen molar-refractivity contribution in [2.75, 3.05) is 11.5 Å². The number of benzene rings is 2. The zero-order chi connectivity index (χ0) is 22.6. The maximum atomic E-state index is 13.7. The largest absolute Gasteiger partial charge is 0.494 e. The van der Waals surface area contributed by atoms with Gasteiger partial charge in [-0.1, -0.05) is 23.8 Å². The van der Waals surface area contributed by atoms with Gasteiger partial charge in [0.1, 0.15) is 11.3 Å². The number of fused-ring (bicyclic) bond motifs is 2. The molecule has 0 aliphatic carbocycles. The van der Waals surface area contributed by atoms with Crippen LogP contribution in [0.25, 0.3) is 11.0 Å². The number of aromatic nitrogens is 1. The van der Waals surface area contributed by atoms with Crippen molar-refractivity contribution in [3.8, 4) is 5.75 Å². The lowest BCUT2D eigenvalue weighted by atomic mass is 9.98. The lowest BCUT2D eigenvalue weighted by molar-refractivity contribution is 0.0971. The van der Waals surface area contributed by atoms with E-state index < -0.39 is 6.04 Å². The normalized spacial score (nSPS) is 15.4. The first-order valence-electron chi connectivity index (χ1n) is 10.5. The van der Waals surface area contributed by atoms with E-state index in [0.717, 1.165) is 21.7 Å². The number of amides is 1. The molecule has 162 valence electrons. The minimum absolute atomic E-state index is 0.0728. The van der Waals surface area contributed by atoms with Crippen LogP contribution in [0.3, 0.4) is 0 Å². The maximum Gasteiger partial charge on any atom is 0.297 e. The molecule has 7 heteroatoms. The zero-order valence-electron chi connectivity index (χ0n) is 18.3. The van der Waals surface area contributed by atoms with Gasteiger partial charge in [0.05, 0.1) is 29.3 Å². The van der Waals surface area contributed by atoms with Crippen LogP contribution in [0.2, 0.25) is 0 Å². The third-order valence-corrected chi connectivity index (χ3v) is 6.81. The molecule has 1 unspecified atom stereocenters. The Morgan fingerprint density at radius 1 is 1.12 bits per heavy atom. The molecule has 0 bridgehead atoms. The number of thiazole rings is 1. The fourth-order valence-electron chi connectivity index (χ4n) is 4.10. The highest BCUT2D eigenvalue weighted by Crippen LogP contribution is 2.43. The highest BCUT2D eigenvalue weighted by molar-refractivity contribution is 7.15. The summed E-state index contributed by atoms with van der Waals surface area (Å²) >= 11 is 1.43. The number of anilines is 1. The molecule has 0 saturated carbocycles. The predicted molar refractivity (Wildman–Crippen MR) is 125 cm³/mol. The highest BCUT2D eigenvalue weighted by Gasteiger charge is 2.45. The lowest BCUT2D eigenvalue weighted by Gasteiger charge is -2.23. The Balaban J connectivity index is 1.80. The van der Waals surface area contributed by atoms with Crippen molar-refractivity contribution in [1.82, 2.24) is 4.98 Å². The molecule has 0 saturated heterocycles. The van der Waals surface area contributed by atoms with Crippen molar-refractivity contribution in [3.05, 3.63) is 85.7 Å². The average molecular weight is 447 g/mol. The Labute approximate surface area is 189 Å². The predicted octanol–water partition coefficient (Wildman–Crippen LogP) is 5.32. The monoisotopic (exact) mass is 446 g/mol. The standard InChI is InChI=1S/C25H22N2O4S/c1-5-30-17-8-6-7-16(12-17)21-20-22(28)18-11-13(2)9-10-19(18)31-23(20)24(29)27(21)25-26-14(3)15(4)32-25/h6-12,21H,5H2,1-4H3. The summed E-state index contributed by atoms with van der Waals surface area (Å²) < 4.78 is 11.7. The number of aryl methyl sites for hydroxylation is 3. The molecule has 0 spiro atoms. The van der Waals surface area contributed by atoms with Crippen molar-refractivity contribution < 1.29 is 13.9 Å². The van der Waals surface area contributed by atoms with Crippen molar-refractivity contribution in [3.63, 3.8) is 0 Å². The van der Waals surface area contributed by atoms with E-state index in [9.17, 15) is 9.59 Å². The topological polar surface area (TPSA) is 72.6 Å². The first-order chi connectivity index (χ1) is 15.4. The van der Waals surface area contributed by atoms with Gasteiger partial charge in [-0.05, 0) is 57.5 Å². The van der Waals surface area contributed by atoms with Gasteiger partial charge in [-0.2, -0.15) is 0 Å². The second-order valence-electron chi connectivity index (χ2n) is 7.89.